The van der Waals surface area contributed by atoms with Crippen LogP contribution in [0.2, 0.25) is 0 Å². The molecule has 0 radical (unpaired) electrons. The van der Waals surface area contributed by atoms with Crippen molar-refractivity contribution in [1.29, 1.82) is 0 Å². The molecule has 8 heteroatoms. The standard InChI is InChI=1S/C18H16F2N2O3S/c1-12(24-16-8-4-14(20)5-9-16)17-21-22-18(25-17)26-11-10-23-15-6-2-13(19)3-7-15/h2-9,12H,10-11H2,1H3/t12-/m1/s1. The summed E-state index contributed by atoms with van der Waals surface area (Å²) in [6.07, 6.45) is -0.460. The van der Waals surface area contributed by atoms with Crippen LogP contribution in [0.1, 0.15) is 18.9 Å². The van der Waals surface area contributed by atoms with Crippen LogP contribution in [0.15, 0.2) is 58.2 Å². The molecule has 0 saturated carbocycles. The molecule has 26 heavy (non-hydrogen) atoms. The molecule has 0 N–H and O–H groups in total. The van der Waals surface area contributed by atoms with Crippen LogP contribution in [0.25, 0.3) is 0 Å². The highest BCUT2D eigenvalue weighted by molar-refractivity contribution is 7.99. The summed E-state index contributed by atoms with van der Waals surface area (Å²) in [4.78, 5) is 0. The zero-order valence-electron chi connectivity index (χ0n) is 13.9. The lowest BCUT2D eigenvalue weighted by Gasteiger charge is -2.10. The first-order chi connectivity index (χ1) is 12.6. The zero-order valence-corrected chi connectivity index (χ0v) is 14.7. The van der Waals surface area contributed by atoms with Crippen molar-refractivity contribution in [3.8, 4) is 11.5 Å². The molecule has 3 aromatic rings. The Morgan fingerprint density at radius 3 is 2.23 bits per heavy atom. The third-order valence-corrected chi connectivity index (χ3v) is 4.07. The molecule has 0 aliphatic heterocycles. The van der Waals surface area contributed by atoms with Gasteiger partial charge in [-0.05, 0) is 55.5 Å². The Morgan fingerprint density at radius 1 is 0.962 bits per heavy atom. The number of ether oxygens (including phenoxy) is 2. The molecular weight excluding hydrogens is 362 g/mol. The molecule has 0 aliphatic carbocycles. The monoisotopic (exact) mass is 378 g/mol. The molecule has 0 saturated heterocycles. The Bertz CT molecular complexity index is 825. The van der Waals surface area contributed by atoms with E-state index in [9.17, 15) is 8.78 Å². The summed E-state index contributed by atoms with van der Waals surface area (Å²) in [5.74, 6) is 1.40. The third kappa shape index (κ3) is 5.19. The van der Waals surface area contributed by atoms with Gasteiger partial charge in [0.25, 0.3) is 11.1 Å². The van der Waals surface area contributed by atoms with Crippen LogP contribution in [0, 0.1) is 11.6 Å². The van der Waals surface area contributed by atoms with Gasteiger partial charge >= 0.3 is 0 Å². The van der Waals surface area contributed by atoms with Crippen molar-refractivity contribution in [3.05, 3.63) is 66.1 Å². The van der Waals surface area contributed by atoms with Gasteiger partial charge in [-0.15, -0.1) is 10.2 Å². The predicted octanol–water partition coefficient (Wildman–Crippen LogP) is 4.66. The van der Waals surface area contributed by atoms with Crippen molar-refractivity contribution in [2.24, 2.45) is 0 Å². The zero-order chi connectivity index (χ0) is 18.4. The molecule has 0 unspecified atom stereocenters. The van der Waals surface area contributed by atoms with Crippen LogP contribution in [-0.4, -0.2) is 22.6 Å². The molecule has 5 nitrogen and oxygen atoms in total. The van der Waals surface area contributed by atoms with Gasteiger partial charge in [-0.1, -0.05) is 11.8 Å². The minimum Gasteiger partial charge on any atom is -0.493 e. The summed E-state index contributed by atoms with van der Waals surface area (Å²) in [5.41, 5.74) is 0. The molecule has 2 aromatic carbocycles. The maximum atomic E-state index is 12.9. The van der Waals surface area contributed by atoms with Crippen molar-refractivity contribution < 1.29 is 22.7 Å². The number of aromatic nitrogens is 2. The van der Waals surface area contributed by atoms with E-state index in [1.54, 1.807) is 19.1 Å². The maximum Gasteiger partial charge on any atom is 0.276 e. The van der Waals surface area contributed by atoms with Crippen LogP contribution < -0.4 is 9.47 Å². The van der Waals surface area contributed by atoms with Gasteiger partial charge in [0.2, 0.25) is 0 Å². The number of halogens is 2. The molecule has 1 atom stereocenters. The lowest BCUT2D eigenvalue weighted by molar-refractivity contribution is 0.181. The normalized spacial score (nSPS) is 12.0. The van der Waals surface area contributed by atoms with Gasteiger partial charge in [0.15, 0.2) is 6.10 Å². The third-order valence-electron chi connectivity index (χ3n) is 3.29. The highest BCUT2D eigenvalue weighted by Gasteiger charge is 2.16. The molecule has 1 heterocycles. The fraction of sp³-hybridized carbons (Fsp3) is 0.222. The van der Waals surface area contributed by atoms with Crippen LogP contribution >= 0.6 is 11.8 Å². The SMILES string of the molecule is C[C@@H](Oc1ccc(F)cc1)c1nnc(SCCOc2ccc(F)cc2)o1. The van der Waals surface area contributed by atoms with E-state index in [0.29, 0.717) is 35.0 Å². The number of thioether (sulfide) groups is 1. The molecule has 0 spiro atoms. The van der Waals surface area contributed by atoms with Gasteiger partial charge in [0, 0.05) is 5.75 Å². The Labute approximate surface area is 153 Å². The van der Waals surface area contributed by atoms with Crippen molar-refractivity contribution >= 4 is 11.8 Å². The van der Waals surface area contributed by atoms with Gasteiger partial charge in [-0.2, -0.15) is 0 Å². The smallest absolute Gasteiger partial charge is 0.276 e. The fourth-order valence-corrected chi connectivity index (χ4v) is 2.61. The second-order valence-corrected chi connectivity index (χ2v) is 6.32. The van der Waals surface area contributed by atoms with Crippen LogP contribution in [0.4, 0.5) is 8.78 Å². The first-order valence-corrected chi connectivity index (χ1v) is 8.85. The van der Waals surface area contributed by atoms with Crippen molar-refractivity contribution in [2.75, 3.05) is 12.4 Å². The molecular formula is C18H16F2N2O3S. The van der Waals surface area contributed by atoms with Crippen LogP contribution in [-0.2, 0) is 0 Å². The highest BCUT2D eigenvalue weighted by atomic mass is 32.2. The lowest BCUT2D eigenvalue weighted by Crippen LogP contribution is -2.03. The Morgan fingerprint density at radius 2 is 1.58 bits per heavy atom. The summed E-state index contributed by atoms with van der Waals surface area (Å²) in [7, 11) is 0. The summed E-state index contributed by atoms with van der Waals surface area (Å²) in [5, 5.41) is 8.31. The molecule has 0 amide bonds. The van der Waals surface area contributed by atoms with E-state index in [4.69, 9.17) is 13.9 Å². The largest absolute Gasteiger partial charge is 0.493 e. The highest BCUT2D eigenvalue weighted by Crippen LogP contribution is 2.24. The number of hydrogen-bond acceptors (Lipinski definition) is 6. The number of hydrogen-bond donors (Lipinski definition) is 0. The Balaban J connectivity index is 1.45. The second-order valence-electron chi connectivity index (χ2n) is 5.27. The van der Waals surface area contributed by atoms with Gasteiger partial charge in [-0.3, -0.25) is 0 Å². The topological polar surface area (TPSA) is 57.4 Å². The van der Waals surface area contributed by atoms with Crippen LogP contribution in [0.3, 0.4) is 0 Å². The number of benzene rings is 2. The molecule has 3 rings (SSSR count). The van der Waals surface area contributed by atoms with Gasteiger partial charge in [0.1, 0.15) is 23.1 Å². The van der Waals surface area contributed by atoms with Crippen molar-refractivity contribution in [2.45, 2.75) is 18.3 Å². The van der Waals surface area contributed by atoms with E-state index >= 15 is 0 Å². The molecule has 0 bridgehead atoms. The Kier molecular flexibility index (Phi) is 6.06. The fourth-order valence-electron chi connectivity index (χ4n) is 2.03. The molecule has 1 aromatic heterocycles. The van der Waals surface area contributed by atoms with Gasteiger partial charge in [0.05, 0.1) is 6.61 Å². The van der Waals surface area contributed by atoms with E-state index in [1.165, 1.54) is 48.2 Å². The lowest BCUT2D eigenvalue weighted by atomic mass is 10.3. The average molecular weight is 378 g/mol. The summed E-state index contributed by atoms with van der Waals surface area (Å²) >= 11 is 1.34. The molecule has 136 valence electrons. The van der Waals surface area contributed by atoms with Crippen LogP contribution in [0.5, 0.6) is 11.5 Å². The van der Waals surface area contributed by atoms with E-state index < -0.39 is 6.10 Å². The molecule has 0 fully saturated rings. The van der Waals surface area contributed by atoms with E-state index in [2.05, 4.69) is 10.2 Å². The summed E-state index contributed by atoms with van der Waals surface area (Å²) < 4.78 is 42.4. The summed E-state index contributed by atoms with van der Waals surface area (Å²) in [6.45, 7) is 2.18. The number of rotatable bonds is 8. The minimum atomic E-state index is -0.460. The quantitative estimate of drug-likeness (QED) is 0.420. The van der Waals surface area contributed by atoms with Gasteiger partial charge < -0.3 is 13.9 Å². The first-order valence-electron chi connectivity index (χ1n) is 7.87. The minimum absolute atomic E-state index is 0.304. The second kappa shape index (κ2) is 8.66. The predicted molar refractivity (Wildman–Crippen MR) is 92.4 cm³/mol. The van der Waals surface area contributed by atoms with Crippen molar-refractivity contribution in [1.82, 2.24) is 10.2 Å². The van der Waals surface area contributed by atoms with Gasteiger partial charge in [-0.25, -0.2) is 8.78 Å². The van der Waals surface area contributed by atoms with Crippen molar-refractivity contribution in [3.63, 3.8) is 0 Å². The first kappa shape index (κ1) is 18.2. The average Bonchev–Trinajstić information content (AvgIpc) is 3.11. The maximum absolute atomic E-state index is 12.9. The number of nitrogens with zero attached hydrogens (tertiary/aromatic N) is 2. The van der Waals surface area contributed by atoms with E-state index in [1.807, 2.05) is 0 Å². The summed E-state index contributed by atoms with van der Waals surface area (Å²) in [6, 6.07) is 11.5. The van der Waals surface area contributed by atoms with E-state index in [0.717, 1.165) is 0 Å². The van der Waals surface area contributed by atoms with E-state index in [-0.39, 0.29) is 11.6 Å². The molecule has 0 aliphatic rings. The Hall–Kier alpha value is -2.61.